The largest absolute Gasteiger partial charge is 0.352 e. The lowest BCUT2D eigenvalue weighted by Crippen LogP contribution is -2.26. The van der Waals surface area contributed by atoms with Crippen LogP contribution in [0.4, 0.5) is 5.95 Å². The molecule has 0 amide bonds. The van der Waals surface area contributed by atoms with E-state index in [1.165, 1.54) is 25.0 Å². The van der Waals surface area contributed by atoms with Gasteiger partial charge in [0, 0.05) is 11.3 Å². The number of nitrogens with zero attached hydrogens (tertiary/aromatic N) is 1. The van der Waals surface area contributed by atoms with E-state index in [2.05, 4.69) is 40.0 Å². The van der Waals surface area contributed by atoms with Crippen molar-refractivity contribution in [1.82, 2.24) is 9.97 Å². The smallest absolute Gasteiger partial charge is 0.201 e. The third kappa shape index (κ3) is 2.34. The Hall–Kier alpha value is -1.16. The first-order chi connectivity index (χ1) is 8.86. The highest BCUT2D eigenvalue weighted by Crippen LogP contribution is 2.31. The van der Waals surface area contributed by atoms with Gasteiger partial charge in [-0.2, -0.15) is 11.8 Å². The average Bonchev–Trinajstić information content (AvgIpc) is 2.97. The van der Waals surface area contributed by atoms with Crippen molar-refractivity contribution in [3.8, 4) is 0 Å². The first kappa shape index (κ1) is 11.9. The minimum absolute atomic E-state index is 0.565. The van der Waals surface area contributed by atoms with Gasteiger partial charge in [-0.3, -0.25) is 0 Å². The van der Waals surface area contributed by atoms with Gasteiger partial charge in [0.15, 0.2) is 0 Å². The van der Waals surface area contributed by atoms with Crippen molar-refractivity contribution in [2.45, 2.75) is 37.5 Å². The monoisotopic (exact) mass is 261 g/mol. The van der Waals surface area contributed by atoms with Crippen LogP contribution in [0.5, 0.6) is 0 Å². The Kier molecular flexibility index (Phi) is 3.46. The van der Waals surface area contributed by atoms with E-state index in [4.69, 9.17) is 0 Å². The molecule has 0 spiro atoms. The number of para-hydroxylation sites is 2. The van der Waals surface area contributed by atoms with Gasteiger partial charge in [0.1, 0.15) is 0 Å². The summed E-state index contributed by atoms with van der Waals surface area (Å²) in [5, 5.41) is 4.32. The highest BCUT2D eigenvalue weighted by Gasteiger charge is 2.27. The van der Waals surface area contributed by atoms with E-state index < -0.39 is 0 Å². The topological polar surface area (TPSA) is 40.7 Å². The van der Waals surface area contributed by atoms with E-state index in [1.54, 1.807) is 0 Å². The second-order valence-electron chi connectivity index (χ2n) is 4.78. The predicted octanol–water partition coefficient (Wildman–Crippen LogP) is 3.65. The highest BCUT2D eigenvalue weighted by molar-refractivity contribution is 7.99. The summed E-state index contributed by atoms with van der Waals surface area (Å²) in [6.07, 6.45) is 3.92. The normalized spacial score (nSPS) is 23.6. The van der Waals surface area contributed by atoms with E-state index in [0.717, 1.165) is 22.2 Å². The van der Waals surface area contributed by atoms with Crippen molar-refractivity contribution in [2.75, 3.05) is 11.1 Å². The molecule has 1 aromatic heterocycles. The Bertz CT molecular complexity index is 489. The Labute approximate surface area is 112 Å². The number of aromatic amines is 1. The number of hydrogen-bond donors (Lipinski definition) is 2. The van der Waals surface area contributed by atoms with E-state index >= 15 is 0 Å². The van der Waals surface area contributed by atoms with Crippen LogP contribution >= 0.6 is 11.8 Å². The molecule has 0 radical (unpaired) electrons. The average molecular weight is 261 g/mol. The zero-order valence-corrected chi connectivity index (χ0v) is 11.5. The standard InChI is InChI=1S/C14H19N3S/c1-2-18-13-9-5-8-12(13)17-14-15-10-6-3-4-7-11(10)16-14/h3-4,6-7,12-13H,2,5,8-9H2,1H3,(H2,15,16,17). The van der Waals surface area contributed by atoms with Crippen LogP contribution in [0, 0.1) is 0 Å². The Morgan fingerprint density at radius 2 is 2.28 bits per heavy atom. The molecule has 1 saturated carbocycles. The molecule has 0 saturated heterocycles. The minimum Gasteiger partial charge on any atom is -0.352 e. The van der Waals surface area contributed by atoms with Gasteiger partial charge in [-0.05, 0) is 30.7 Å². The number of H-pyrrole nitrogens is 1. The molecule has 18 heavy (non-hydrogen) atoms. The molecule has 2 atom stereocenters. The number of rotatable bonds is 4. The van der Waals surface area contributed by atoms with E-state index in [-0.39, 0.29) is 0 Å². The van der Waals surface area contributed by atoms with Gasteiger partial charge in [-0.1, -0.05) is 25.5 Å². The molecule has 1 aliphatic carbocycles. The first-order valence-electron chi connectivity index (χ1n) is 6.69. The third-order valence-electron chi connectivity index (χ3n) is 3.54. The zero-order chi connectivity index (χ0) is 12.4. The minimum atomic E-state index is 0.565. The first-order valence-corrected chi connectivity index (χ1v) is 7.74. The van der Waals surface area contributed by atoms with E-state index in [0.29, 0.717) is 6.04 Å². The molecule has 1 fully saturated rings. The van der Waals surface area contributed by atoms with Gasteiger partial charge in [0.25, 0.3) is 0 Å². The van der Waals surface area contributed by atoms with Gasteiger partial charge in [0.05, 0.1) is 11.0 Å². The van der Waals surface area contributed by atoms with Gasteiger partial charge in [0.2, 0.25) is 5.95 Å². The predicted molar refractivity (Wildman–Crippen MR) is 79.3 cm³/mol. The van der Waals surface area contributed by atoms with Crippen molar-refractivity contribution in [3.05, 3.63) is 24.3 Å². The Balaban J connectivity index is 1.75. The quantitative estimate of drug-likeness (QED) is 0.882. The maximum Gasteiger partial charge on any atom is 0.201 e. The number of anilines is 1. The number of thioether (sulfide) groups is 1. The van der Waals surface area contributed by atoms with Crippen LogP contribution in [0.25, 0.3) is 11.0 Å². The van der Waals surface area contributed by atoms with Crippen molar-refractivity contribution < 1.29 is 0 Å². The summed E-state index contributed by atoms with van der Waals surface area (Å²) >= 11 is 2.07. The molecule has 1 aromatic carbocycles. The summed E-state index contributed by atoms with van der Waals surface area (Å²) < 4.78 is 0. The summed E-state index contributed by atoms with van der Waals surface area (Å²) in [5.74, 6) is 2.12. The second-order valence-corrected chi connectivity index (χ2v) is 6.29. The van der Waals surface area contributed by atoms with Crippen LogP contribution in [0.15, 0.2) is 24.3 Å². The summed E-state index contributed by atoms with van der Waals surface area (Å²) in [5.41, 5.74) is 2.15. The Morgan fingerprint density at radius 1 is 1.39 bits per heavy atom. The molecule has 3 nitrogen and oxygen atoms in total. The van der Waals surface area contributed by atoms with Crippen molar-refractivity contribution >= 4 is 28.7 Å². The maximum atomic E-state index is 4.59. The lowest BCUT2D eigenvalue weighted by molar-refractivity contribution is 0.759. The molecular formula is C14H19N3S. The van der Waals surface area contributed by atoms with Gasteiger partial charge < -0.3 is 10.3 Å². The Morgan fingerprint density at radius 3 is 3.11 bits per heavy atom. The fraction of sp³-hybridized carbons (Fsp3) is 0.500. The van der Waals surface area contributed by atoms with Crippen molar-refractivity contribution in [3.63, 3.8) is 0 Å². The molecule has 2 unspecified atom stereocenters. The highest BCUT2D eigenvalue weighted by atomic mass is 32.2. The fourth-order valence-corrected chi connectivity index (χ4v) is 3.90. The molecule has 1 heterocycles. The van der Waals surface area contributed by atoms with E-state index in [1.807, 2.05) is 18.2 Å². The second kappa shape index (κ2) is 5.22. The van der Waals surface area contributed by atoms with Gasteiger partial charge in [-0.25, -0.2) is 4.98 Å². The number of hydrogen-bond acceptors (Lipinski definition) is 3. The summed E-state index contributed by atoms with van der Waals surface area (Å²) in [4.78, 5) is 7.95. The molecule has 4 heteroatoms. The molecule has 2 N–H and O–H groups in total. The van der Waals surface area contributed by atoms with Crippen LogP contribution < -0.4 is 5.32 Å². The molecule has 1 aliphatic rings. The van der Waals surface area contributed by atoms with Crippen LogP contribution in [0.1, 0.15) is 26.2 Å². The van der Waals surface area contributed by atoms with Crippen molar-refractivity contribution in [2.24, 2.45) is 0 Å². The summed E-state index contributed by atoms with van der Waals surface area (Å²) in [7, 11) is 0. The zero-order valence-electron chi connectivity index (χ0n) is 10.6. The van der Waals surface area contributed by atoms with Crippen LogP contribution in [-0.4, -0.2) is 27.0 Å². The number of nitrogens with one attached hydrogen (secondary N) is 2. The molecule has 96 valence electrons. The number of benzene rings is 1. The fourth-order valence-electron chi connectivity index (χ4n) is 2.70. The number of imidazole rings is 1. The van der Waals surface area contributed by atoms with E-state index in [9.17, 15) is 0 Å². The van der Waals surface area contributed by atoms with Gasteiger partial charge in [-0.15, -0.1) is 0 Å². The van der Waals surface area contributed by atoms with Crippen LogP contribution in [0.2, 0.25) is 0 Å². The van der Waals surface area contributed by atoms with Gasteiger partial charge >= 0.3 is 0 Å². The maximum absolute atomic E-state index is 4.59. The molecule has 0 aliphatic heterocycles. The summed E-state index contributed by atoms with van der Waals surface area (Å²) in [6, 6.07) is 8.74. The SMILES string of the molecule is CCSC1CCCC1Nc1nc2ccccc2[nH]1. The van der Waals surface area contributed by atoms with Crippen LogP contribution in [-0.2, 0) is 0 Å². The van der Waals surface area contributed by atoms with Crippen molar-refractivity contribution in [1.29, 1.82) is 0 Å². The molecule has 0 bridgehead atoms. The van der Waals surface area contributed by atoms with Crippen LogP contribution in [0.3, 0.4) is 0 Å². The number of fused-ring (bicyclic) bond motifs is 1. The molecule has 3 rings (SSSR count). The lowest BCUT2D eigenvalue weighted by Gasteiger charge is -2.19. The summed E-state index contributed by atoms with van der Waals surface area (Å²) in [6.45, 7) is 2.24. The third-order valence-corrected chi connectivity index (χ3v) is 4.87. The molecular weight excluding hydrogens is 242 g/mol. The molecule has 2 aromatic rings. The lowest BCUT2D eigenvalue weighted by atomic mass is 10.2. The number of aromatic nitrogens is 2.